The Morgan fingerprint density at radius 2 is 1.67 bits per heavy atom. The third kappa shape index (κ3) is 2.11. The second kappa shape index (κ2) is 5.58. The van der Waals surface area contributed by atoms with Gasteiger partial charge < -0.3 is 0 Å². The van der Waals surface area contributed by atoms with Gasteiger partial charge in [0.1, 0.15) is 17.2 Å². The van der Waals surface area contributed by atoms with Gasteiger partial charge in [0.25, 0.3) is 0 Å². The van der Waals surface area contributed by atoms with E-state index < -0.39 is 0 Å². The Morgan fingerprint density at radius 1 is 0.958 bits per heavy atom. The molecule has 2 aromatic carbocycles. The highest BCUT2D eigenvalue weighted by molar-refractivity contribution is 6.31. The first-order valence-corrected chi connectivity index (χ1v) is 8.15. The van der Waals surface area contributed by atoms with Gasteiger partial charge in [-0.05, 0) is 18.2 Å². The standard InChI is InChI=1S/C18H10Cl2N2O2/c19-9-14-21-15-16(22(14)11-5-3-4-10(20)8-11)18(24)13-7-2-1-6-12(13)17(15)23/h1-8H,9H2. The van der Waals surface area contributed by atoms with Gasteiger partial charge in [-0.15, -0.1) is 11.6 Å². The Balaban J connectivity index is 2.03. The summed E-state index contributed by atoms with van der Waals surface area (Å²) in [5.41, 5.74) is 1.75. The van der Waals surface area contributed by atoms with E-state index in [-0.39, 0.29) is 28.8 Å². The van der Waals surface area contributed by atoms with E-state index in [1.807, 2.05) is 0 Å². The predicted molar refractivity (Wildman–Crippen MR) is 91.4 cm³/mol. The molecular formula is C18H10Cl2N2O2. The van der Waals surface area contributed by atoms with E-state index in [2.05, 4.69) is 4.98 Å². The molecule has 0 N–H and O–H groups in total. The van der Waals surface area contributed by atoms with Crippen molar-refractivity contribution in [2.75, 3.05) is 0 Å². The second-order valence-electron chi connectivity index (χ2n) is 5.38. The van der Waals surface area contributed by atoms with Crippen molar-refractivity contribution < 1.29 is 9.59 Å². The summed E-state index contributed by atoms with van der Waals surface area (Å²) < 4.78 is 1.62. The van der Waals surface area contributed by atoms with Gasteiger partial charge in [0.05, 0.1) is 5.88 Å². The normalized spacial score (nSPS) is 12.9. The number of imidazole rings is 1. The average molecular weight is 357 g/mol. The molecule has 1 aliphatic carbocycles. The summed E-state index contributed by atoms with van der Waals surface area (Å²) >= 11 is 12.1. The number of benzene rings is 2. The summed E-state index contributed by atoms with van der Waals surface area (Å²) in [6, 6.07) is 13.7. The Morgan fingerprint density at radius 3 is 2.33 bits per heavy atom. The molecule has 0 fully saturated rings. The molecule has 0 saturated carbocycles. The smallest absolute Gasteiger partial charge is 0.214 e. The molecule has 0 unspecified atom stereocenters. The van der Waals surface area contributed by atoms with Crippen LogP contribution in [0.25, 0.3) is 5.69 Å². The summed E-state index contributed by atoms with van der Waals surface area (Å²) in [4.78, 5) is 30.0. The fourth-order valence-corrected chi connectivity index (χ4v) is 3.32. The van der Waals surface area contributed by atoms with Gasteiger partial charge >= 0.3 is 0 Å². The van der Waals surface area contributed by atoms with Crippen LogP contribution in [0, 0.1) is 0 Å². The van der Waals surface area contributed by atoms with Gasteiger partial charge in [0.2, 0.25) is 11.6 Å². The van der Waals surface area contributed by atoms with Crippen molar-refractivity contribution >= 4 is 34.8 Å². The van der Waals surface area contributed by atoms with E-state index in [1.54, 1.807) is 53.1 Å². The second-order valence-corrected chi connectivity index (χ2v) is 6.08. The summed E-state index contributed by atoms with van der Waals surface area (Å²) in [6.07, 6.45) is 0. The molecule has 1 aromatic heterocycles. The van der Waals surface area contributed by atoms with E-state index >= 15 is 0 Å². The number of hydrogen-bond donors (Lipinski definition) is 0. The van der Waals surface area contributed by atoms with Crippen molar-refractivity contribution in [1.29, 1.82) is 0 Å². The first-order valence-electron chi connectivity index (χ1n) is 7.23. The molecule has 0 atom stereocenters. The monoisotopic (exact) mass is 356 g/mol. The summed E-state index contributed by atoms with van der Waals surface area (Å²) in [6.45, 7) is 0. The highest BCUT2D eigenvalue weighted by atomic mass is 35.5. The molecule has 3 aromatic rings. The van der Waals surface area contributed by atoms with Crippen molar-refractivity contribution in [1.82, 2.24) is 9.55 Å². The summed E-state index contributed by atoms with van der Waals surface area (Å²) in [5, 5.41) is 0.519. The van der Waals surface area contributed by atoms with E-state index in [4.69, 9.17) is 23.2 Å². The molecule has 24 heavy (non-hydrogen) atoms. The minimum Gasteiger partial charge on any atom is -0.292 e. The molecule has 118 valence electrons. The summed E-state index contributed by atoms with van der Waals surface area (Å²) in [7, 11) is 0. The molecule has 4 rings (SSSR count). The lowest BCUT2D eigenvalue weighted by Gasteiger charge is -2.16. The van der Waals surface area contributed by atoms with Crippen molar-refractivity contribution in [2.45, 2.75) is 5.88 Å². The molecule has 4 nitrogen and oxygen atoms in total. The fourth-order valence-electron chi connectivity index (χ4n) is 2.95. The number of aromatic nitrogens is 2. The Bertz CT molecular complexity index is 1010. The number of carbonyl (C=O) groups excluding carboxylic acids is 2. The molecule has 0 amide bonds. The zero-order valence-electron chi connectivity index (χ0n) is 12.3. The van der Waals surface area contributed by atoms with E-state index in [0.717, 1.165) is 0 Å². The zero-order chi connectivity index (χ0) is 16.8. The minimum atomic E-state index is -0.271. The van der Waals surface area contributed by atoms with Gasteiger partial charge in [0.15, 0.2) is 0 Å². The first kappa shape index (κ1) is 15.1. The third-order valence-corrected chi connectivity index (χ3v) is 4.45. The highest BCUT2D eigenvalue weighted by Crippen LogP contribution is 2.31. The maximum atomic E-state index is 13.0. The molecular weight excluding hydrogens is 347 g/mol. The van der Waals surface area contributed by atoms with Crippen LogP contribution in [-0.2, 0) is 5.88 Å². The van der Waals surface area contributed by atoms with E-state index in [9.17, 15) is 9.59 Å². The molecule has 0 radical (unpaired) electrons. The lowest BCUT2D eigenvalue weighted by Crippen LogP contribution is -2.23. The number of rotatable bonds is 2. The van der Waals surface area contributed by atoms with Gasteiger partial charge in [-0.1, -0.05) is 41.9 Å². The van der Waals surface area contributed by atoms with Crippen LogP contribution in [0.5, 0.6) is 0 Å². The molecule has 0 bridgehead atoms. The lowest BCUT2D eigenvalue weighted by atomic mass is 9.90. The van der Waals surface area contributed by atoms with Crippen LogP contribution < -0.4 is 0 Å². The Kier molecular flexibility index (Phi) is 3.52. The molecule has 0 saturated heterocycles. The van der Waals surface area contributed by atoms with Gasteiger partial charge in [-0.2, -0.15) is 0 Å². The molecule has 0 aliphatic heterocycles. The number of halogens is 2. The van der Waals surface area contributed by atoms with Crippen molar-refractivity contribution in [3.05, 3.63) is 81.9 Å². The number of carbonyl (C=O) groups is 2. The van der Waals surface area contributed by atoms with Crippen LogP contribution in [0.2, 0.25) is 5.02 Å². The van der Waals surface area contributed by atoms with Crippen LogP contribution in [0.15, 0.2) is 48.5 Å². The third-order valence-electron chi connectivity index (χ3n) is 3.98. The molecule has 1 aliphatic rings. The molecule has 1 heterocycles. The molecule has 0 spiro atoms. The zero-order valence-corrected chi connectivity index (χ0v) is 13.8. The van der Waals surface area contributed by atoms with E-state index in [1.165, 1.54) is 0 Å². The fraction of sp³-hybridized carbons (Fsp3) is 0.0556. The largest absolute Gasteiger partial charge is 0.292 e. The highest BCUT2D eigenvalue weighted by Gasteiger charge is 2.35. The minimum absolute atomic E-state index is 0.0659. The predicted octanol–water partition coefficient (Wildman–Crippen LogP) is 4.04. The topological polar surface area (TPSA) is 52.0 Å². The van der Waals surface area contributed by atoms with E-state index in [0.29, 0.717) is 27.7 Å². The summed E-state index contributed by atoms with van der Waals surface area (Å²) in [5.74, 6) is -0.0222. The van der Waals surface area contributed by atoms with Crippen molar-refractivity contribution in [2.24, 2.45) is 0 Å². The van der Waals surface area contributed by atoms with Crippen molar-refractivity contribution in [3.8, 4) is 5.69 Å². The van der Waals surface area contributed by atoms with Gasteiger partial charge in [0, 0.05) is 21.8 Å². The van der Waals surface area contributed by atoms with Crippen LogP contribution in [0.4, 0.5) is 0 Å². The van der Waals surface area contributed by atoms with Gasteiger partial charge in [-0.3, -0.25) is 14.2 Å². The SMILES string of the molecule is O=C1c2ccccc2C(=O)c2c1nc(CCl)n2-c1cccc(Cl)c1. The van der Waals surface area contributed by atoms with Crippen molar-refractivity contribution in [3.63, 3.8) is 0 Å². The maximum Gasteiger partial charge on any atom is 0.214 e. The lowest BCUT2D eigenvalue weighted by molar-refractivity contribution is 0.0972. The quantitative estimate of drug-likeness (QED) is 0.509. The number of nitrogens with zero attached hydrogens (tertiary/aromatic N) is 2. The number of fused-ring (bicyclic) bond motifs is 2. The first-order chi connectivity index (χ1) is 11.6. The Hall–Kier alpha value is -2.43. The van der Waals surface area contributed by atoms with Gasteiger partial charge in [-0.25, -0.2) is 4.98 Å². The Labute approximate surface area is 147 Å². The number of hydrogen-bond acceptors (Lipinski definition) is 3. The number of alkyl halides is 1. The van der Waals surface area contributed by atoms with Crippen LogP contribution in [-0.4, -0.2) is 21.1 Å². The van der Waals surface area contributed by atoms with Crippen LogP contribution >= 0.6 is 23.2 Å². The average Bonchev–Trinajstić information content (AvgIpc) is 3.00. The number of ketones is 2. The maximum absolute atomic E-state index is 13.0. The van der Waals surface area contributed by atoms with Crippen LogP contribution in [0.3, 0.4) is 0 Å². The molecule has 6 heteroatoms. The van der Waals surface area contributed by atoms with Crippen LogP contribution in [0.1, 0.15) is 37.9 Å².